The van der Waals surface area contributed by atoms with Gasteiger partial charge in [0.05, 0.1) is 18.4 Å². The van der Waals surface area contributed by atoms with E-state index in [9.17, 15) is 0 Å². The quantitative estimate of drug-likeness (QED) is 0.837. The minimum absolute atomic E-state index is 0.335. The van der Waals surface area contributed by atoms with Crippen molar-refractivity contribution in [2.75, 3.05) is 11.4 Å². The SMILES string of the molecule is CCC1c2ccccc2CCN1c1cnc(C#N)cn1. The van der Waals surface area contributed by atoms with Crippen molar-refractivity contribution in [1.82, 2.24) is 9.97 Å². The number of rotatable bonds is 2. The van der Waals surface area contributed by atoms with E-state index in [0.29, 0.717) is 11.7 Å². The molecule has 0 fully saturated rings. The van der Waals surface area contributed by atoms with E-state index in [1.807, 2.05) is 6.07 Å². The molecule has 1 aromatic carbocycles. The molecule has 2 heterocycles. The van der Waals surface area contributed by atoms with Crippen LogP contribution < -0.4 is 4.90 Å². The van der Waals surface area contributed by atoms with Gasteiger partial charge in [0.25, 0.3) is 0 Å². The molecule has 0 amide bonds. The van der Waals surface area contributed by atoms with Crippen LogP contribution in [0.2, 0.25) is 0 Å². The van der Waals surface area contributed by atoms with Gasteiger partial charge in [-0.3, -0.25) is 0 Å². The maximum absolute atomic E-state index is 8.80. The zero-order chi connectivity index (χ0) is 13.9. The fourth-order valence-electron chi connectivity index (χ4n) is 2.89. The van der Waals surface area contributed by atoms with Gasteiger partial charge >= 0.3 is 0 Å². The van der Waals surface area contributed by atoms with Gasteiger partial charge in [-0.1, -0.05) is 31.2 Å². The van der Waals surface area contributed by atoms with Crippen molar-refractivity contribution in [1.29, 1.82) is 5.26 Å². The van der Waals surface area contributed by atoms with Crippen molar-refractivity contribution < 1.29 is 0 Å². The van der Waals surface area contributed by atoms with E-state index in [-0.39, 0.29) is 0 Å². The van der Waals surface area contributed by atoms with Crippen LogP contribution in [0.3, 0.4) is 0 Å². The number of hydrogen-bond donors (Lipinski definition) is 0. The van der Waals surface area contributed by atoms with E-state index >= 15 is 0 Å². The van der Waals surface area contributed by atoms with E-state index in [2.05, 4.69) is 46.1 Å². The standard InChI is InChI=1S/C16H16N4/c1-2-15-14-6-4-3-5-12(14)7-8-20(15)16-11-18-13(9-17)10-19-16/h3-6,10-11,15H,2,7-8H2,1H3. The summed E-state index contributed by atoms with van der Waals surface area (Å²) in [6, 6.07) is 10.9. The molecule has 0 saturated heterocycles. The highest BCUT2D eigenvalue weighted by atomic mass is 15.2. The molecule has 0 N–H and O–H groups in total. The summed E-state index contributed by atoms with van der Waals surface area (Å²) in [7, 11) is 0. The highest BCUT2D eigenvalue weighted by Gasteiger charge is 2.26. The summed E-state index contributed by atoms with van der Waals surface area (Å²) >= 11 is 0. The molecule has 1 aliphatic heterocycles. The number of nitrogens with zero attached hydrogens (tertiary/aromatic N) is 4. The van der Waals surface area contributed by atoms with Crippen molar-refractivity contribution in [3.63, 3.8) is 0 Å². The van der Waals surface area contributed by atoms with Gasteiger partial charge in [0.1, 0.15) is 11.9 Å². The first-order valence-corrected chi connectivity index (χ1v) is 6.90. The fourth-order valence-corrected chi connectivity index (χ4v) is 2.89. The third kappa shape index (κ3) is 2.12. The molecule has 1 unspecified atom stereocenters. The summed E-state index contributed by atoms with van der Waals surface area (Å²) in [5.41, 5.74) is 3.17. The Kier molecular flexibility index (Phi) is 3.34. The average molecular weight is 264 g/mol. The number of aromatic nitrogens is 2. The Morgan fingerprint density at radius 2 is 2.15 bits per heavy atom. The maximum Gasteiger partial charge on any atom is 0.158 e. The van der Waals surface area contributed by atoms with Gasteiger partial charge in [-0.2, -0.15) is 5.26 Å². The smallest absolute Gasteiger partial charge is 0.158 e. The second kappa shape index (κ2) is 5.30. The lowest BCUT2D eigenvalue weighted by Gasteiger charge is -2.37. The molecular weight excluding hydrogens is 248 g/mol. The Labute approximate surface area is 118 Å². The molecular formula is C16H16N4. The Morgan fingerprint density at radius 3 is 2.85 bits per heavy atom. The molecule has 20 heavy (non-hydrogen) atoms. The molecule has 0 saturated carbocycles. The summed E-state index contributed by atoms with van der Waals surface area (Å²) in [5, 5.41) is 8.80. The highest BCUT2D eigenvalue weighted by molar-refractivity contribution is 5.46. The third-order valence-electron chi connectivity index (χ3n) is 3.85. The molecule has 1 atom stereocenters. The van der Waals surface area contributed by atoms with Crippen molar-refractivity contribution in [3.8, 4) is 6.07 Å². The summed E-state index contributed by atoms with van der Waals surface area (Å²) < 4.78 is 0. The molecule has 2 aromatic rings. The first-order chi connectivity index (χ1) is 9.83. The molecule has 100 valence electrons. The normalized spacial score (nSPS) is 17.4. The maximum atomic E-state index is 8.80. The first kappa shape index (κ1) is 12.6. The predicted molar refractivity (Wildman–Crippen MR) is 77.3 cm³/mol. The predicted octanol–water partition coefficient (Wildman–Crippen LogP) is 2.86. The summed E-state index contributed by atoms with van der Waals surface area (Å²) in [5.74, 6) is 0.852. The lowest BCUT2D eigenvalue weighted by atomic mass is 9.91. The van der Waals surface area contributed by atoms with Gasteiger partial charge in [0, 0.05) is 6.54 Å². The van der Waals surface area contributed by atoms with Gasteiger partial charge in [-0.25, -0.2) is 9.97 Å². The van der Waals surface area contributed by atoms with Crippen LogP contribution in [0.15, 0.2) is 36.7 Å². The molecule has 1 aliphatic rings. The molecule has 0 aliphatic carbocycles. The minimum atomic E-state index is 0.335. The van der Waals surface area contributed by atoms with Crippen LogP contribution in [0.1, 0.15) is 36.2 Å². The summed E-state index contributed by atoms with van der Waals surface area (Å²) in [6.07, 6.45) is 5.30. The summed E-state index contributed by atoms with van der Waals surface area (Å²) in [6.45, 7) is 3.13. The van der Waals surface area contributed by atoms with E-state index in [1.54, 1.807) is 12.4 Å². The lowest BCUT2D eigenvalue weighted by molar-refractivity contribution is 0.561. The molecule has 3 rings (SSSR count). The van der Waals surface area contributed by atoms with Gasteiger partial charge in [-0.05, 0) is 24.0 Å². The monoisotopic (exact) mass is 264 g/mol. The van der Waals surface area contributed by atoms with Gasteiger partial charge in [0.2, 0.25) is 0 Å². The van der Waals surface area contributed by atoms with Gasteiger partial charge in [0.15, 0.2) is 5.69 Å². The summed E-state index contributed by atoms with van der Waals surface area (Å²) in [4.78, 5) is 10.8. The molecule has 0 bridgehead atoms. The Bertz CT molecular complexity index is 642. The molecule has 1 aromatic heterocycles. The van der Waals surface area contributed by atoms with E-state index in [4.69, 9.17) is 5.26 Å². The van der Waals surface area contributed by atoms with Crippen molar-refractivity contribution in [3.05, 3.63) is 53.5 Å². The van der Waals surface area contributed by atoms with Crippen molar-refractivity contribution >= 4 is 5.82 Å². The zero-order valence-electron chi connectivity index (χ0n) is 11.5. The van der Waals surface area contributed by atoms with Crippen LogP contribution in [0.5, 0.6) is 0 Å². The zero-order valence-corrected chi connectivity index (χ0v) is 11.5. The number of fused-ring (bicyclic) bond motifs is 1. The van der Waals surface area contributed by atoms with E-state index in [0.717, 1.165) is 25.2 Å². The molecule has 4 nitrogen and oxygen atoms in total. The largest absolute Gasteiger partial charge is 0.348 e. The number of nitriles is 1. The number of benzene rings is 1. The van der Waals surface area contributed by atoms with Crippen LogP contribution in [0, 0.1) is 11.3 Å². The van der Waals surface area contributed by atoms with Crippen molar-refractivity contribution in [2.45, 2.75) is 25.8 Å². The van der Waals surface area contributed by atoms with Crippen LogP contribution in [-0.2, 0) is 6.42 Å². The molecule has 0 spiro atoms. The fraction of sp³-hybridized carbons (Fsp3) is 0.312. The van der Waals surface area contributed by atoms with E-state index < -0.39 is 0 Å². The van der Waals surface area contributed by atoms with Crippen LogP contribution in [0.25, 0.3) is 0 Å². The van der Waals surface area contributed by atoms with Gasteiger partial charge in [-0.15, -0.1) is 0 Å². The second-order valence-corrected chi connectivity index (χ2v) is 4.94. The Balaban J connectivity index is 1.96. The van der Waals surface area contributed by atoms with Crippen LogP contribution in [-0.4, -0.2) is 16.5 Å². The van der Waals surface area contributed by atoms with E-state index in [1.165, 1.54) is 11.1 Å². The number of hydrogen-bond acceptors (Lipinski definition) is 4. The highest BCUT2D eigenvalue weighted by Crippen LogP contribution is 2.34. The molecule has 0 radical (unpaired) electrons. The first-order valence-electron chi connectivity index (χ1n) is 6.90. The second-order valence-electron chi connectivity index (χ2n) is 4.94. The average Bonchev–Trinajstić information content (AvgIpc) is 2.54. The van der Waals surface area contributed by atoms with Gasteiger partial charge < -0.3 is 4.90 Å². The van der Waals surface area contributed by atoms with Crippen molar-refractivity contribution in [2.24, 2.45) is 0 Å². The van der Waals surface area contributed by atoms with Crippen LogP contribution in [0.4, 0.5) is 5.82 Å². The Morgan fingerprint density at radius 1 is 1.30 bits per heavy atom. The number of anilines is 1. The van der Waals surface area contributed by atoms with Crippen LogP contribution >= 0.6 is 0 Å². The Hall–Kier alpha value is -2.41. The third-order valence-corrected chi connectivity index (χ3v) is 3.85. The molecule has 4 heteroatoms. The lowest BCUT2D eigenvalue weighted by Crippen LogP contribution is -2.35. The minimum Gasteiger partial charge on any atom is -0.348 e. The topological polar surface area (TPSA) is 52.8 Å².